The number of hydrogen-bond acceptors (Lipinski definition) is 5. The van der Waals surface area contributed by atoms with Gasteiger partial charge in [-0.05, 0) is 36.0 Å². The van der Waals surface area contributed by atoms with Crippen LogP contribution in [0.5, 0.6) is 5.75 Å². The van der Waals surface area contributed by atoms with Gasteiger partial charge in [-0.1, -0.05) is 92.7 Å². The number of nitrogens with one attached hydrogen (secondary N) is 1. The van der Waals surface area contributed by atoms with Gasteiger partial charge in [-0.15, -0.1) is 0 Å². The van der Waals surface area contributed by atoms with Gasteiger partial charge in [0.2, 0.25) is 0 Å². The number of dihydropyridines is 1. The van der Waals surface area contributed by atoms with E-state index in [4.69, 9.17) is 9.47 Å². The maximum atomic E-state index is 13.7. The van der Waals surface area contributed by atoms with Crippen molar-refractivity contribution in [3.05, 3.63) is 124 Å². The van der Waals surface area contributed by atoms with E-state index in [1.165, 1.54) is 0 Å². The van der Waals surface area contributed by atoms with E-state index in [-0.39, 0.29) is 17.8 Å². The summed E-state index contributed by atoms with van der Waals surface area (Å²) in [7, 11) is 0. The number of rotatable bonds is 7. The molecule has 1 aliphatic carbocycles. The van der Waals surface area contributed by atoms with Crippen LogP contribution in [-0.4, -0.2) is 11.8 Å². The first kappa shape index (κ1) is 25.5. The zero-order valence-corrected chi connectivity index (χ0v) is 22.1. The Morgan fingerprint density at radius 1 is 0.868 bits per heavy atom. The van der Waals surface area contributed by atoms with Crippen LogP contribution in [-0.2, 0) is 27.5 Å². The van der Waals surface area contributed by atoms with Crippen molar-refractivity contribution in [2.45, 2.75) is 52.7 Å². The van der Waals surface area contributed by atoms with Gasteiger partial charge >= 0.3 is 5.97 Å². The fraction of sp³-hybridized carbons (Fsp3) is 0.273. The molecule has 0 spiro atoms. The Labute approximate surface area is 224 Å². The van der Waals surface area contributed by atoms with E-state index in [0.29, 0.717) is 35.6 Å². The Hall–Kier alpha value is -4.12. The average molecular weight is 508 g/mol. The first-order valence-corrected chi connectivity index (χ1v) is 13.0. The van der Waals surface area contributed by atoms with Gasteiger partial charge in [0.25, 0.3) is 0 Å². The summed E-state index contributed by atoms with van der Waals surface area (Å²) in [5, 5.41) is 3.41. The number of hydrogen-bond donors (Lipinski definition) is 1. The summed E-state index contributed by atoms with van der Waals surface area (Å²) in [6, 6.07) is 27.2. The molecule has 5 rings (SSSR count). The lowest BCUT2D eigenvalue weighted by molar-refractivity contribution is -0.140. The van der Waals surface area contributed by atoms with Crippen LogP contribution in [0.15, 0.2) is 107 Å². The number of carbonyl (C=O) groups excluding carboxylic acids is 2. The molecule has 1 heterocycles. The van der Waals surface area contributed by atoms with Gasteiger partial charge < -0.3 is 14.8 Å². The lowest BCUT2D eigenvalue weighted by Crippen LogP contribution is -2.38. The van der Waals surface area contributed by atoms with Crippen molar-refractivity contribution in [1.29, 1.82) is 0 Å². The molecule has 5 heteroatoms. The quantitative estimate of drug-likeness (QED) is 0.365. The Morgan fingerprint density at radius 3 is 2.16 bits per heavy atom. The van der Waals surface area contributed by atoms with Crippen LogP contribution in [0.3, 0.4) is 0 Å². The van der Waals surface area contributed by atoms with E-state index in [2.05, 4.69) is 19.2 Å². The van der Waals surface area contributed by atoms with Gasteiger partial charge in [-0.25, -0.2) is 4.79 Å². The molecular weight excluding hydrogens is 474 g/mol. The largest absolute Gasteiger partial charge is 0.489 e. The summed E-state index contributed by atoms with van der Waals surface area (Å²) >= 11 is 0. The number of Topliss-reactive ketones (excluding diaryl/α,β-unsaturated/α-hetero) is 1. The third kappa shape index (κ3) is 5.42. The second kappa shape index (κ2) is 10.7. The van der Waals surface area contributed by atoms with Gasteiger partial charge in [0, 0.05) is 29.0 Å². The summed E-state index contributed by atoms with van der Waals surface area (Å²) in [4.78, 5) is 27.3. The molecule has 1 N–H and O–H groups in total. The number of ketones is 1. The van der Waals surface area contributed by atoms with E-state index >= 15 is 0 Å². The Morgan fingerprint density at radius 2 is 1.47 bits per heavy atom. The first-order valence-electron chi connectivity index (χ1n) is 13.0. The fourth-order valence-corrected chi connectivity index (χ4v) is 5.40. The van der Waals surface area contributed by atoms with E-state index < -0.39 is 11.9 Å². The highest BCUT2D eigenvalue weighted by atomic mass is 16.5. The number of allylic oxidation sites excluding steroid dienone is 3. The summed E-state index contributed by atoms with van der Waals surface area (Å²) < 4.78 is 12.1. The highest BCUT2D eigenvalue weighted by molar-refractivity contribution is 6.04. The fourth-order valence-electron chi connectivity index (χ4n) is 5.40. The molecule has 0 saturated heterocycles. The minimum absolute atomic E-state index is 0.0486. The lowest BCUT2D eigenvalue weighted by atomic mass is 9.68. The monoisotopic (exact) mass is 507 g/mol. The SMILES string of the molecule is CC1=C(C(=O)OCc2ccccc2)C(c2ccccc2OCc2ccccc2)C2=C(CC(C)(C)CC2=O)N1. The van der Waals surface area contributed by atoms with Crippen molar-refractivity contribution in [1.82, 2.24) is 5.32 Å². The van der Waals surface area contributed by atoms with E-state index in [1.807, 2.05) is 91.9 Å². The molecule has 5 nitrogen and oxygen atoms in total. The molecule has 194 valence electrons. The van der Waals surface area contributed by atoms with Crippen LogP contribution in [0.1, 0.15) is 56.2 Å². The predicted octanol–water partition coefficient (Wildman–Crippen LogP) is 6.61. The number of carbonyl (C=O) groups is 2. The van der Waals surface area contributed by atoms with E-state index in [1.54, 1.807) is 0 Å². The minimum Gasteiger partial charge on any atom is -0.489 e. The maximum absolute atomic E-state index is 13.7. The molecule has 1 unspecified atom stereocenters. The van der Waals surface area contributed by atoms with Gasteiger partial charge in [-0.3, -0.25) is 4.79 Å². The average Bonchev–Trinajstić information content (AvgIpc) is 2.90. The Balaban J connectivity index is 1.54. The third-order valence-corrected chi connectivity index (χ3v) is 7.14. The first-order chi connectivity index (χ1) is 18.3. The molecule has 0 saturated carbocycles. The highest BCUT2D eigenvalue weighted by Gasteiger charge is 2.44. The van der Waals surface area contributed by atoms with Crippen molar-refractivity contribution in [2.75, 3.05) is 0 Å². The summed E-state index contributed by atoms with van der Waals surface area (Å²) in [5.74, 6) is -0.322. The Bertz CT molecular complexity index is 1400. The topological polar surface area (TPSA) is 64.6 Å². The van der Waals surface area contributed by atoms with Gasteiger partial charge in [0.05, 0.1) is 11.5 Å². The molecule has 0 radical (unpaired) electrons. The molecule has 0 aromatic heterocycles. The number of esters is 1. The van der Waals surface area contributed by atoms with Crippen molar-refractivity contribution in [3.8, 4) is 5.75 Å². The van der Waals surface area contributed by atoms with E-state index in [0.717, 1.165) is 28.8 Å². The third-order valence-electron chi connectivity index (χ3n) is 7.14. The maximum Gasteiger partial charge on any atom is 0.337 e. The molecule has 3 aromatic carbocycles. The van der Waals surface area contributed by atoms with Crippen molar-refractivity contribution < 1.29 is 19.1 Å². The molecule has 38 heavy (non-hydrogen) atoms. The van der Waals surface area contributed by atoms with Crippen LogP contribution in [0.2, 0.25) is 0 Å². The Kier molecular flexibility index (Phi) is 7.19. The normalized spacial score (nSPS) is 18.5. The lowest BCUT2D eigenvalue weighted by Gasteiger charge is -2.39. The van der Waals surface area contributed by atoms with Crippen molar-refractivity contribution in [3.63, 3.8) is 0 Å². The summed E-state index contributed by atoms with van der Waals surface area (Å²) in [6.45, 7) is 6.62. The standard InChI is InChI=1S/C33H33NO4/c1-22-29(32(36)38-21-24-14-8-5-9-15-24)30(31-26(34-22)18-33(2,3)19-27(31)35)25-16-10-11-17-28(25)37-20-23-12-6-4-7-13-23/h4-17,30,34H,18-21H2,1-3H3. The molecule has 1 aliphatic heterocycles. The van der Waals surface area contributed by atoms with Crippen LogP contribution < -0.4 is 10.1 Å². The zero-order chi connectivity index (χ0) is 26.7. The molecule has 1 atom stereocenters. The van der Waals surface area contributed by atoms with Gasteiger partial charge in [-0.2, -0.15) is 0 Å². The van der Waals surface area contributed by atoms with Gasteiger partial charge in [0.15, 0.2) is 5.78 Å². The number of benzene rings is 3. The van der Waals surface area contributed by atoms with Crippen LogP contribution >= 0.6 is 0 Å². The molecule has 0 bridgehead atoms. The van der Waals surface area contributed by atoms with Crippen molar-refractivity contribution >= 4 is 11.8 Å². The highest BCUT2D eigenvalue weighted by Crippen LogP contribution is 2.48. The van der Waals surface area contributed by atoms with E-state index in [9.17, 15) is 9.59 Å². The van der Waals surface area contributed by atoms with Gasteiger partial charge in [0.1, 0.15) is 19.0 Å². The second-order valence-corrected chi connectivity index (χ2v) is 10.8. The summed E-state index contributed by atoms with van der Waals surface area (Å²) in [6.07, 6.45) is 1.14. The zero-order valence-electron chi connectivity index (χ0n) is 22.1. The van der Waals surface area contributed by atoms with Crippen LogP contribution in [0.4, 0.5) is 0 Å². The minimum atomic E-state index is -0.579. The molecule has 0 fully saturated rings. The predicted molar refractivity (Wildman–Crippen MR) is 147 cm³/mol. The number of para-hydroxylation sites is 1. The van der Waals surface area contributed by atoms with Crippen molar-refractivity contribution in [2.24, 2.45) is 5.41 Å². The molecular formula is C33H33NO4. The molecule has 0 amide bonds. The second-order valence-electron chi connectivity index (χ2n) is 10.8. The smallest absolute Gasteiger partial charge is 0.337 e. The number of ether oxygens (including phenoxy) is 2. The molecule has 2 aliphatic rings. The van der Waals surface area contributed by atoms with Crippen LogP contribution in [0.25, 0.3) is 0 Å². The van der Waals surface area contributed by atoms with Crippen LogP contribution in [0, 0.1) is 5.41 Å². The summed E-state index contributed by atoms with van der Waals surface area (Å²) in [5.41, 5.74) is 5.24. The molecule has 3 aromatic rings.